The van der Waals surface area contributed by atoms with E-state index in [2.05, 4.69) is 35.3 Å². The number of nitrogens with one attached hydrogen (secondary N) is 1. The van der Waals surface area contributed by atoms with Crippen LogP contribution in [0.15, 0.2) is 66.7 Å². The van der Waals surface area contributed by atoms with Crippen molar-refractivity contribution in [3.8, 4) is 11.1 Å². The summed E-state index contributed by atoms with van der Waals surface area (Å²) in [5.41, 5.74) is 4.53. The maximum absolute atomic E-state index is 13.6. The molecule has 0 saturated carbocycles. The van der Waals surface area contributed by atoms with E-state index in [0.717, 1.165) is 48.3 Å². The average molecular weight is 514 g/mol. The number of anilines is 2. The number of carbonyl (C=O) groups excluding carboxylic acids is 2. The molecule has 1 aliphatic heterocycles. The van der Waals surface area contributed by atoms with E-state index in [1.807, 2.05) is 82.3 Å². The Kier molecular flexibility index (Phi) is 8.22. The van der Waals surface area contributed by atoms with Gasteiger partial charge >= 0.3 is 5.97 Å². The van der Waals surface area contributed by atoms with E-state index in [4.69, 9.17) is 4.74 Å². The SMILES string of the molecule is Cc1ccc(N2CCC(N(C)C)CC2)cc1C(=O)Nc1cc(-c2ccccc2)ccc1C(=O)OC(C)(C)C. The van der Waals surface area contributed by atoms with Gasteiger partial charge in [-0.1, -0.05) is 42.5 Å². The van der Waals surface area contributed by atoms with Gasteiger partial charge < -0.3 is 19.9 Å². The fraction of sp³-hybridized carbons (Fsp3) is 0.375. The zero-order valence-electron chi connectivity index (χ0n) is 23.4. The molecule has 200 valence electrons. The molecule has 0 unspecified atom stereocenters. The molecule has 1 heterocycles. The predicted molar refractivity (Wildman–Crippen MR) is 155 cm³/mol. The predicted octanol–water partition coefficient (Wildman–Crippen LogP) is 6.40. The number of piperidine rings is 1. The molecular weight excluding hydrogens is 474 g/mol. The van der Waals surface area contributed by atoms with Crippen molar-refractivity contribution in [3.05, 3.63) is 83.4 Å². The smallest absolute Gasteiger partial charge is 0.340 e. The Morgan fingerprint density at radius 2 is 1.58 bits per heavy atom. The van der Waals surface area contributed by atoms with Gasteiger partial charge in [0.1, 0.15) is 5.60 Å². The molecule has 6 nitrogen and oxygen atoms in total. The second kappa shape index (κ2) is 11.4. The van der Waals surface area contributed by atoms with Gasteiger partial charge in [0.25, 0.3) is 5.91 Å². The minimum absolute atomic E-state index is 0.248. The summed E-state index contributed by atoms with van der Waals surface area (Å²) in [6.07, 6.45) is 2.18. The Balaban J connectivity index is 1.63. The highest BCUT2D eigenvalue weighted by Crippen LogP contribution is 2.29. The van der Waals surface area contributed by atoms with Crippen molar-refractivity contribution in [3.63, 3.8) is 0 Å². The van der Waals surface area contributed by atoms with Crippen LogP contribution in [0.25, 0.3) is 11.1 Å². The van der Waals surface area contributed by atoms with Gasteiger partial charge in [-0.3, -0.25) is 4.79 Å². The Morgan fingerprint density at radius 1 is 0.895 bits per heavy atom. The molecule has 3 aromatic carbocycles. The fourth-order valence-electron chi connectivity index (χ4n) is 4.85. The first kappa shape index (κ1) is 27.4. The normalized spacial score (nSPS) is 14.4. The van der Waals surface area contributed by atoms with Crippen LogP contribution in [0.4, 0.5) is 11.4 Å². The number of esters is 1. The lowest BCUT2D eigenvalue weighted by Gasteiger charge is -2.36. The highest BCUT2D eigenvalue weighted by molar-refractivity contribution is 6.09. The summed E-state index contributed by atoms with van der Waals surface area (Å²) < 4.78 is 5.64. The van der Waals surface area contributed by atoms with Crippen LogP contribution in [-0.4, -0.2) is 55.6 Å². The molecule has 0 spiro atoms. The second-order valence-electron chi connectivity index (χ2n) is 11.3. The molecule has 4 rings (SSSR count). The maximum Gasteiger partial charge on any atom is 0.340 e. The molecule has 6 heteroatoms. The first-order chi connectivity index (χ1) is 18.0. The van der Waals surface area contributed by atoms with Gasteiger partial charge in [0.05, 0.1) is 11.3 Å². The standard InChI is InChI=1S/C32H39N3O3/c1-22-12-14-26(35-18-16-25(17-19-35)34(5)6)21-28(22)30(36)33-29-20-24(23-10-8-7-9-11-23)13-15-27(29)31(37)38-32(2,3)4/h7-15,20-21,25H,16-19H2,1-6H3,(H,33,36). The number of benzene rings is 3. The summed E-state index contributed by atoms with van der Waals surface area (Å²) in [6, 6.07) is 22.0. The third kappa shape index (κ3) is 6.62. The Morgan fingerprint density at radius 3 is 2.21 bits per heavy atom. The lowest BCUT2D eigenvalue weighted by molar-refractivity contribution is 0.00708. The minimum Gasteiger partial charge on any atom is -0.456 e. The summed E-state index contributed by atoms with van der Waals surface area (Å²) in [7, 11) is 4.26. The molecule has 1 amide bonds. The van der Waals surface area contributed by atoms with E-state index < -0.39 is 11.6 Å². The molecule has 0 aliphatic carbocycles. The maximum atomic E-state index is 13.6. The van der Waals surface area contributed by atoms with Crippen molar-refractivity contribution >= 4 is 23.3 Å². The molecule has 0 bridgehead atoms. The molecule has 38 heavy (non-hydrogen) atoms. The van der Waals surface area contributed by atoms with Crippen LogP contribution in [0.5, 0.6) is 0 Å². The number of nitrogens with zero attached hydrogens (tertiary/aromatic N) is 2. The van der Waals surface area contributed by atoms with Crippen molar-refractivity contribution in [2.24, 2.45) is 0 Å². The minimum atomic E-state index is -0.651. The van der Waals surface area contributed by atoms with Crippen LogP contribution in [0.3, 0.4) is 0 Å². The third-order valence-corrected chi connectivity index (χ3v) is 7.02. The number of hydrogen-bond acceptors (Lipinski definition) is 5. The summed E-state index contributed by atoms with van der Waals surface area (Å²) >= 11 is 0. The quantitative estimate of drug-likeness (QED) is 0.387. The van der Waals surface area contributed by atoms with E-state index in [1.54, 1.807) is 6.07 Å². The molecule has 0 radical (unpaired) electrons. The molecule has 3 aromatic rings. The number of hydrogen-bond donors (Lipinski definition) is 1. The number of ether oxygens (including phenoxy) is 1. The van der Waals surface area contributed by atoms with Crippen molar-refractivity contribution in [2.45, 2.75) is 52.2 Å². The zero-order valence-corrected chi connectivity index (χ0v) is 23.4. The summed E-state index contributed by atoms with van der Waals surface area (Å²) in [6.45, 7) is 9.34. The third-order valence-electron chi connectivity index (χ3n) is 7.02. The highest BCUT2D eigenvalue weighted by atomic mass is 16.6. The Labute approximate surface area is 226 Å². The van der Waals surface area contributed by atoms with Crippen molar-refractivity contribution in [1.29, 1.82) is 0 Å². The van der Waals surface area contributed by atoms with E-state index >= 15 is 0 Å². The first-order valence-corrected chi connectivity index (χ1v) is 13.3. The van der Waals surface area contributed by atoms with Gasteiger partial charge in [-0.2, -0.15) is 0 Å². The lowest BCUT2D eigenvalue weighted by Crippen LogP contribution is -2.42. The van der Waals surface area contributed by atoms with E-state index in [9.17, 15) is 9.59 Å². The zero-order chi connectivity index (χ0) is 27.4. The molecule has 1 fully saturated rings. The van der Waals surface area contributed by atoms with Crippen LogP contribution in [0, 0.1) is 6.92 Å². The Hall–Kier alpha value is -3.64. The van der Waals surface area contributed by atoms with Crippen molar-refractivity contribution in [2.75, 3.05) is 37.4 Å². The van der Waals surface area contributed by atoms with Crippen LogP contribution in [-0.2, 0) is 4.74 Å². The molecule has 1 N–H and O–H groups in total. The summed E-state index contributed by atoms with van der Waals surface area (Å²) in [5.74, 6) is -0.718. The van der Waals surface area contributed by atoms with Crippen LogP contribution >= 0.6 is 0 Å². The number of amides is 1. The highest BCUT2D eigenvalue weighted by Gasteiger charge is 2.24. The summed E-state index contributed by atoms with van der Waals surface area (Å²) in [4.78, 5) is 31.3. The van der Waals surface area contributed by atoms with Gasteiger partial charge in [-0.05, 0) is 95.6 Å². The largest absolute Gasteiger partial charge is 0.456 e. The monoisotopic (exact) mass is 513 g/mol. The second-order valence-corrected chi connectivity index (χ2v) is 11.3. The molecule has 0 aromatic heterocycles. The number of rotatable bonds is 6. The van der Waals surface area contributed by atoms with E-state index in [0.29, 0.717) is 22.9 Å². The van der Waals surface area contributed by atoms with Gasteiger partial charge in [-0.25, -0.2) is 4.79 Å². The van der Waals surface area contributed by atoms with Crippen molar-refractivity contribution in [1.82, 2.24) is 4.90 Å². The fourth-order valence-corrected chi connectivity index (χ4v) is 4.85. The van der Waals surface area contributed by atoms with Crippen LogP contribution < -0.4 is 10.2 Å². The van der Waals surface area contributed by atoms with Gasteiger partial charge in [-0.15, -0.1) is 0 Å². The molecule has 0 atom stereocenters. The number of carbonyl (C=O) groups is 2. The molecular formula is C32H39N3O3. The van der Waals surface area contributed by atoms with Crippen LogP contribution in [0.2, 0.25) is 0 Å². The Bertz CT molecular complexity index is 1290. The van der Waals surface area contributed by atoms with Gasteiger partial charge in [0.15, 0.2) is 0 Å². The summed E-state index contributed by atoms with van der Waals surface area (Å²) in [5, 5.41) is 3.03. The topological polar surface area (TPSA) is 61.9 Å². The van der Waals surface area contributed by atoms with Gasteiger partial charge in [0, 0.05) is 30.4 Å². The van der Waals surface area contributed by atoms with Crippen molar-refractivity contribution < 1.29 is 14.3 Å². The average Bonchev–Trinajstić information content (AvgIpc) is 2.88. The first-order valence-electron chi connectivity index (χ1n) is 13.3. The van der Waals surface area contributed by atoms with E-state index in [-0.39, 0.29) is 5.91 Å². The molecule has 1 saturated heterocycles. The van der Waals surface area contributed by atoms with E-state index in [1.165, 1.54) is 0 Å². The van der Waals surface area contributed by atoms with Crippen LogP contribution in [0.1, 0.15) is 59.9 Å². The number of aryl methyl sites for hydroxylation is 1. The molecule has 1 aliphatic rings. The lowest BCUT2D eigenvalue weighted by atomic mass is 10.0. The van der Waals surface area contributed by atoms with Gasteiger partial charge in [0.2, 0.25) is 0 Å².